The number of alkyl halides is 3. The van der Waals surface area contributed by atoms with Crippen LogP contribution in [0.5, 0.6) is 0 Å². The van der Waals surface area contributed by atoms with Crippen LogP contribution in [0.4, 0.5) is 18.9 Å². The van der Waals surface area contributed by atoms with Gasteiger partial charge < -0.3 is 14.4 Å². The number of aromatic nitrogens is 3. The zero-order valence-corrected chi connectivity index (χ0v) is 14.0. The van der Waals surface area contributed by atoms with Crippen LogP contribution in [-0.4, -0.2) is 28.2 Å². The molecule has 1 fully saturated rings. The fraction of sp³-hybridized carbons (Fsp3) is 0.278. The second-order valence-corrected chi connectivity index (χ2v) is 6.32. The molecule has 0 radical (unpaired) electrons. The van der Waals surface area contributed by atoms with Crippen molar-refractivity contribution in [2.75, 3.05) is 18.0 Å². The number of hydrogen-bond acceptors (Lipinski definition) is 5. The molecule has 0 bridgehead atoms. The SMILES string of the molecule is O=c1[nH]ccc(-c2noc(C(F)(F)F)n2)c1C1CCN(c2ccccc2)C1. The van der Waals surface area contributed by atoms with Crippen LogP contribution >= 0.6 is 0 Å². The fourth-order valence-corrected chi connectivity index (χ4v) is 3.41. The minimum Gasteiger partial charge on any atom is -0.371 e. The molecule has 2 aromatic heterocycles. The number of nitrogens with zero attached hydrogens (tertiary/aromatic N) is 3. The molecule has 1 aromatic carbocycles. The average Bonchev–Trinajstić information content (AvgIpc) is 3.32. The van der Waals surface area contributed by atoms with Gasteiger partial charge >= 0.3 is 12.1 Å². The summed E-state index contributed by atoms with van der Waals surface area (Å²) in [5, 5.41) is 3.43. The van der Waals surface area contributed by atoms with E-state index in [1.807, 2.05) is 30.3 Å². The van der Waals surface area contributed by atoms with E-state index < -0.39 is 12.1 Å². The summed E-state index contributed by atoms with van der Waals surface area (Å²) in [6.45, 7) is 1.32. The first-order chi connectivity index (χ1) is 12.9. The third kappa shape index (κ3) is 3.32. The van der Waals surface area contributed by atoms with Gasteiger partial charge in [-0.15, -0.1) is 0 Å². The summed E-state index contributed by atoms with van der Waals surface area (Å²) in [4.78, 5) is 20.6. The number of H-pyrrole nitrogens is 1. The molecule has 27 heavy (non-hydrogen) atoms. The van der Waals surface area contributed by atoms with E-state index in [4.69, 9.17) is 0 Å². The number of nitrogens with one attached hydrogen (secondary N) is 1. The van der Waals surface area contributed by atoms with E-state index in [2.05, 4.69) is 24.5 Å². The van der Waals surface area contributed by atoms with Crippen molar-refractivity contribution in [2.24, 2.45) is 0 Å². The predicted molar refractivity (Wildman–Crippen MR) is 91.4 cm³/mol. The molecule has 0 spiro atoms. The van der Waals surface area contributed by atoms with Crippen molar-refractivity contribution in [3.05, 3.63) is 64.4 Å². The highest BCUT2D eigenvalue weighted by Crippen LogP contribution is 2.35. The lowest BCUT2D eigenvalue weighted by atomic mass is 9.94. The molecule has 1 N–H and O–H groups in total. The molecule has 0 saturated carbocycles. The van der Waals surface area contributed by atoms with E-state index in [1.165, 1.54) is 12.3 Å². The van der Waals surface area contributed by atoms with Gasteiger partial charge in [0.05, 0.1) is 0 Å². The molecule has 3 aromatic rings. The number of aromatic amines is 1. The Hall–Kier alpha value is -3.10. The van der Waals surface area contributed by atoms with Gasteiger partial charge in [-0.3, -0.25) is 4.79 Å². The van der Waals surface area contributed by atoms with Crippen LogP contribution in [0.15, 0.2) is 51.9 Å². The topological polar surface area (TPSA) is 75.0 Å². The average molecular weight is 376 g/mol. The van der Waals surface area contributed by atoms with Crippen LogP contribution in [0.2, 0.25) is 0 Å². The predicted octanol–water partition coefficient (Wildman–Crippen LogP) is 3.44. The lowest BCUT2D eigenvalue weighted by Gasteiger charge is -2.19. The maximum absolute atomic E-state index is 12.8. The van der Waals surface area contributed by atoms with Crippen molar-refractivity contribution < 1.29 is 17.7 Å². The smallest absolute Gasteiger partial charge is 0.371 e. The first kappa shape index (κ1) is 17.3. The van der Waals surface area contributed by atoms with Gasteiger partial charge in [0, 0.05) is 42.0 Å². The Balaban J connectivity index is 1.68. The number of hydrogen-bond donors (Lipinski definition) is 1. The number of pyridine rings is 1. The molecule has 0 amide bonds. The molecular weight excluding hydrogens is 361 g/mol. The van der Waals surface area contributed by atoms with Gasteiger partial charge in [0.2, 0.25) is 5.82 Å². The van der Waals surface area contributed by atoms with Crippen LogP contribution < -0.4 is 10.5 Å². The van der Waals surface area contributed by atoms with Crippen molar-refractivity contribution in [1.82, 2.24) is 15.1 Å². The van der Waals surface area contributed by atoms with Crippen LogP contribution in [0.3, 0.4) is 0 Å². The Morgan fingerprint density at radius 2 is 1.96 bits per heavy atom. The standard InChI is InChI=1S/C18H15F3N4O2/c19-18(20,21)17-23-15(24-27-17)13-6-8-22-16(26)14(13)11-7-9-25(10-11)12-4-2-1-3-5-12/h1-6,8,11H,7,9-10H2,(H,22,26). The van der Waals surface area contributed by atoms with E-state index in [1.54, 1.807) is 0 Å². The second-order valence-electron chi connectivity index (χ2n) is 6.32. The van der Waals surface area contributed by atoms with E-state index in [9.17, 15) is 18.0 Å². The summed E-state index contributed by atoms with van der Waals surface area (Å²) in [5.74, 6) is -1.82. The van der Waals surface area contributed by atoms with Gasteiger partial charge in [-0.05, 0) is 24.6 Å². The number of halogens is 3. The van der Waals surface area contributed by atoms with E-state index in [0.717, 1.165) is 12.2 Å². The highest BCUT2D eigenvalue weighted by molar-refractivity contribution is 5.61. The third-order valence-corrected chi connectivity index (χ3v) is 4.63. The summed E-state index contributed by atoms with van der Waals surface area (Å²) in [6.07, 6.45) is -2.67. The van der Waals surface area contributed by atoms with E-state index in [0.29, 0.717) is 18.5 Å². The Labute approximate surface area is 151 Å². The first-order valence-corrected chi connectivity index (χ1v) is 8.36. The quantitative estimate of drug-likeness (QED) is 0.758. The van der Waals surface area contributed by atoms with Gasteiger partial charge in [0.25, 0.3) is 5.56 Å². The second kappa shape index (κ2) is 6.57. The number of anilines is 1. The highest BCUT2D eigenvalue weighted by atomic mass is 19.4. The Morgan fingerprint density at radius 3 is 2.67 bits per heavy atom. The lowest BCUT2D eigenvalue weighted by molar-refractivity contribution is -0.159. The van der Waals surface area contributed by atoms with Crippen molar-refractivity contribution in [3.8, 4) is 11.4 Å². The van der Waals surface area contributed by atoms with E-state index >= 15 is 0 Å². The minimum atomic E-state index is -4.73. The highest BCUT2D eigenvalue weighted by Gasteiger charge is 2.39. The Bertz CT molecular complexity index is 998. The van der Waals surface area contributed by atoms with Crippen LogP contribution in [0.1, 0.15) is 23.8 Å². The summed E-state index contributed by atoms with van der Waals surface area (Å²) < 4.78 is 42.6. The van der Waals surface area contributed by atoms with Gasteiger partial charge in [-0.2, -0.15) is 18.2 Å². The molecule has 3 heterocycles. The molecule has 0 aliphatic carbocycles. The monoisotopic (exact) mass is 376 g/mol. The maximum Gasteiger partial charge on any atom is 0.471 e. The Morgan fingerprint density at radius 1 is 1.19 bits per heavy atom. The van der Waals surface area contributed by atoms with Gasteiger partial charge in [-0.25, -0.2) is 0 Å². The van der Waals surface area contributed by atoms with Crippen LogP contribution in [0.25, 0.3) is 11.4 Å². The zero-order chi connectivity index (χ0) is 19.0. The Kier molecular flexibility index (Phi) is 4.21. The molecular formula is C18H15F3N4O2. The normalized spacial score (nSPS) is 17.4. The molecule has 1 aliphatic rings. The zero-order valence-electron chi connectivity index (χ0n) is 14.0. The third-order valence-electron chi connectivity index (χ3n) is 4.63. The lowest BCUT2D eigenvalue weighted by Crippen LogP contribution is -2.22. The summed E-state index contributed by atoms with van der Waals surface area (Å²) in [5.41, 5.74) is 1.32. The first-order valence-electron chi connectivity index (χ1n) is 8.36. The van der Waals surface area contributed by atoms with Crippen molar-refractivity contribution in [1.29, 1.82) is 0 Å². The largest absolute Gasteiger partial charge is 0.471 e. The maximum atomic E-state index is 12.8. The summed E-state index contributed by atoms with van der Waals surface area (Å²) in [6, 6.07) is 11.3. The summed E-state index contributed by atoms with van der Waals surface area (Å²) >= 11 is 0. The minimum absolute atomic E-state index is 0.155. The van der Waals surface area contributed by atoms with Crippen molar-refractivity contribution in [2.45, 2.75) is 18.5 Å². The van der Waals surface area contributed by atoms with E-state index in [-0.39, 0.29) is 22.9 Å². The van der Waals surface area contributed by atoms with Gasteiger partial charge in [0.15, 0.2) is 0 Å². The molecule has 1 atom stereocenters. The molecule has 1 aliphatic heterocycles. The van der Waals surface area contributed by atoms with Crippen LogP contribution in [0, 0.1) is 0 Å². The van der Waals surface area contributed by atoms with Gasteiger partial charge in [-0.1, -0.05) is 23.4 Å². The van der Waals surface area contributed by atoms with Crippen molar-refractivity contribution in [3.63, 3.8) is 0 Å². The molecule has 6 nitrogen and oxygen atoms in total. The molecule has 140 valence electrons. The van der Waals surface area contributed by atoms with Crippen molar-refractivity contribution >= 4 is 5.69 Å². The van der Waals surface area contributed by atoms with Gasteiger partial charge in [0.1, 0.15) is 0 Å². The summed E-state index contributed by atoms with van der Waals surface area (Å²) in [7, 11) is 0. The number of para-hydroxylation sites is 1. The number of benzene rings is 1. The molecule has 1 saturated heterocycles. The molecule has 4 rings (SSSR count). The molecule has 9 heteroatoms. The fourth-order valence-electron chi connectivity index (χ4n) is 3.41. The number of rotatable bonds is 3. The molecule has 1 unspecified atom stereocenters. The van der Waals surface area contributed by atoms with Crippen LogP contribution in [-0.2, 0) is 6.18 Å².